The Morgan fingerprint density at radius 3 is 1.90 bits per heavy atom. The molecule has 1 heterocycles. The van der Waals surface area contributed by atoms with Crippen LogP contribution in [0.1, 0.15) is 25.6 Å². The van der Waals surface area contributed by atoms with Crippen molar-refractivity contribution < 1.29 is 14.3 Å². The summed E-state index contributed by atoms with van der Waals surface area (Å²) in [5.41, 5.74) is 4.71. The van der Waals surface area contributed by atoms with Crippen molar-refractivity contribution in [3.05, 3.63) is 101 Å². The Balaban J connectivity index is 1.65. The molecule has 0 atom stereocenters. The summed E-state index contributed by atoms with van der Waals surface area (Å²) in [5, 5.41) is 3.40. The minimum absolute atomic E-state index is 0.273. The van der Waals surface area contributed by atoms with Gasteiger partial charge in [0.2, 0.25) is 0 Å². The molecule has 0 saturated heterocycles. The number of ether oxygens (including phenoxy) is 1. The van der Waals surface area contributed by atoms with E-state index in [9.17, 15) is 9.59 Å². The van der Waals surface area contributed by atoms with E-state index in [1.165, 1.54) is 18.4 Å². The van der Waals surface area contributed by atoms with E-state index >= 15 is 0 Å². The molecule has 0 bridgehead atoms. The van der Waals surface area contributed by atoms with Crippen molar-refractivity contribution in [3.8, 4) is 22.3 Å². The third-order valence-corrected chi connectivity index (χ3v) is 6.04. The number of rotatable bonds is 5. The van der Waals surface area contributed by atoms with Crippen molar-refractivity contribution in [1.29, 1.82) is 0 Å². The molecule has 0 aliphatic carbocycles. The number of carbonyl (C=O) groups excluding carboxylic acids is 2. The van der Waals surface area contributed by atoms with E-state index in [1.54, 1.807) is 12.1 Å². The maximum absolute atomic E-state index is 12.9. The summed E-state index contributed by atoms with van der Waals surface area (Å²) in [6, 6.07) is 27.0. The summed E-state index contributed by atoms with van der Waals surface area (Å²) in [5.74, 6) is -0.747. The Morgan fingerprint density at radius 1 is 0.774 bits per heavy atom. The second-order valence-corrected chi connectivity index (χ2v) is 8.22. The van der Waals surface area contributed by atoms with Crippen LogP contribution in [0.3, 0.4) is 0 Å². The zero-order chi connectivity index (χ0) is 21.8. The van der Waals surface area contributed by atoms with Crippen molar-refractivity contribution >= 4 is 28.2 Å². The fourth-order valence-corrected chi connectivity index (χ4v) is 4.56. The van der Waals surface area contributed by atoms with Gasteiger partial charge in [-0.1, -0.05) is 72.8 Å². The number of nitrogens with one attached hydrogen (secondary N) is 1. The van der Waals surface area contributed by atoms with E-state index in [1.807, 2.05) is 79.7 Å². The highest BCUT2D eigenvalue weighted by Gasteiger charge is 2.25. The smallest absolute Gasteiger partial charge is 0.341 e. The van der Waals surface area contributed by atoms with E-state index in [2.05, 4.69) is 5.32 Å². The number of methoxy groups -OCH3 is 1. The van der Waals surface area contributed by atoms with Crippen LogP contribution in [0, 0.1) is 6.92 Å². The molecule has 0 radical (unpaired) electrons. The summed E-state index contributed by atoms with van der Waals surface area (Å²) in [6.45, 7) is 1.93. The molecule has 0 unspecified atom stereocenters. The summed E-state index contributed by atoms with van der Waals surface area (Å²) in [6.07, 6.45) is 0. The number of anilines is 1. The fraction of sp³-hybridized carbons (Fsp3) is 0.0769. The first-order chi connectivity index (χ1) is 15.1. The molecule has 154 valence electrons. The molecule has 3 aromatic carbocycles. The third-order valence-electron chi connectivity index (χ3n) is 5.02. The molecule has 4 rings (SSSR count). The zero-order valence-corrected chi connectivity index (χ0v) is 18.0. The van der Waals surface area contributed by atoms with Gasteiger partial charge in [-0.25, -0.2) is 4.79 Å². The summed E-state index contributed by atoms with van der Waals surface area (Å²) in [7, 11) is 1.35. The van der Waals surface area contributed by atoms with Gasteiger partial charge in [0.1, 0.15) is 10.6 Å². The van der Waals surface area contributed by atoms with Crippen LogP contribution in [0.5, 0.6) is 0 Å². The van der Waals surface area contributed by atoms with Gasteiger partial charge in [-0.3, -0.25) is 4.79 Å². The van der Waals surface area contributed by atoms with Crippen molar-refractivity contribution in [2.75, 3.05) is 12.4 Å². The molecule has 5 heteroatoms. The molecule has 4 aromatic rings. The predicted octanol–water partition coefficient (Wildman–Crippen LogP) is 6.43. The van der Waals surface area contributed by atoms with Crippen molar-refractivity contribution in [1.82, 2.24) is 0 Å². The molecule has 0 aliphatic heterocycles. The Morgan fingerprint density at radius 2 is 1.32 bits per heavy atom. The molecule has 1 amide bonds. The van der Waals surface area contributed by atoms with Crippen LogP contribution in [-0.2, 0) is 4.74 Å². The molecule has 4 nitrogen and oxygen atoms in total. The van der Waals surface area contributed by atoms with E-state index in [0.717, 1.165) is 27.1 Å². The van der Waals surface area contributed by atoms with Crippen molar-refractivity contribution in [2.45, 2.75) is 6.92 Å². The molecular weight excluding hydrogens is 406 g/mol. The number of aryl methyl sites for hydroxylation is 1. The highest BCUT2D eigenvalue weighted by atomic mass is 32.1. The maximum Gasteiger partial charge on any atom is 0.341 e. The first-order valence-corrected chi connectivity index (χ1v) is 10.6. The van der Waals surface area contributed by atoms with E-state index in [-0.39, 0.29) is 5.91 Å². The SMILES string of the molecule is COC(=O)c1c(NC(=O)c2ccc(-c3ccccc3)cc2)sc(C)c1-c1ccccc1. The first-order valence-electron chi connectivity index (χ1n) is 9.82. The number of carbonyl (C=O) groups is 2. The normalized spacial score (nSPS) is 10.5. The van der Waals surface area contributed by atoms with E-state index < -0.39 is 5.97 Å². The quantitative estimate of drug-likeness (QED) is 0.373. The first kappa shape index (κ1) is 20.6. The molecule has 31 heavy (non-hydrogen) atoms. The van der Waals surface area contributed by atoms with Crippen molar-refractivity contribution in [3.63, 3.8) is 0 Å². The Kier molecular flexibility index (Phi) is 5.96. The second-order valence-electron chi connectivity index (χ2n) is 6.99. The molecule has 0 spiro atoms. The highest BCUT2D eigenvalue weighted by molar-refractivity contribution is 7.17. The summed E-state index contributed by atoms with van der Waals surface area (Å²) >= 11 is 1.37. The fourth-order valence-electron chi connectivity index (χ4n) is 3.50. The zero-order valence-electron chi connectivity index (χ0n) is 17.2. The lowest BCUT2D eigenvalue weighted by molar-refractivity contribution is 0.0603. The number of benzene rings is 3. The number of hydrogen-bond acceptors (Lipinski definition) is 4. The van der Waals surface area contributed by atoms with Gasteiger partial charge in [0.05, 0.1) is 7.11 Å². The third kappa shape index (κ3) is 4.27. The van der Waals surface area contributed by atoms with Crippen LogP contribution in [0.25, 0.3) is 22.3 Å². The van der Waals surface area contributed by atoms with Gasteiger partial charge in [0.15, 0.2) is 0 Å². The Hall–Kier alpha value is -3.70. The van der Waals surface area contributed by atoms with Crippen LogP contribution >= 0.6 is 11.3 Å². The van der Waals surface area contributed by atoms with Crippen LogP contribution in [0.4, 0.5) is 5.00 Å². The highest BCUT2D eigenvalue weighted by Crippen LogP contribution is 2.40. The van der Waals surface area contributed by atoms with Gasteiger partial charge in [-0.15, -0.1) is 11.3 Å². The average molecular weight is 428 g/mol. The lowest BCUT2D eigenvalue weighted by atomic mass is 10.0. The van der Waals surface area contributed by atoms with Gasteiger partial charge >= 0.3 is 5.97 Å². The molecule has 0 fully saturated rings. The Labute approximate surface area is 185 Å². The van der Waals surface area contributed by atoms with E-state index in [4.69, 9.17) is 4.74 Å². The monoisotopic (exact) mass is 427 g/mol. The average Bonchev–Trinajstić information content (AvgIpc) is 3.15. The van der Waals surface area contributed by atoms with Gasteiger partial charge in [-0.05, 0) is 35.7 Å². The van der Waals surface area contributed by atoms with Crippen LogP contribution in [0.15, 0.2) is 84.9 Å². The van der Waals surface area contributed by atoms with Crippen molar-refractivity contribution in [2.24, 2.45) is 0 Å². The van der Waals surface area contributed by atoms with Gasteiger partial charge in [0.25, 0.3) is 5.91 Å². The van der Waals surface area contributed by atoms with Gasteiger partial charge in [-0.2, -0.15) is 0 Å². The minimum Gasteiger partial charge on any atom is -0.465 e. The summed E-state index contributed by atoms with van der Waals surface area (Å²) < 4.78 is 5.02. The molecule has 0 saturated carbocycles. The molecule has 1 aromatic heterocycles. The molecular formula is C26H21NO3S. The van der Waals surface area contributed by atoms with Crippen LogP contribution in [0.2, 0.25) is 0 Å². The van der Waals surface area contributed by atoms with E-state index in [0.29, 0.717) is 16.1 Å². The maximum atomic E-state index is 12.9. The number of hydrogen-bond donors (Lipinski definition) is 1. The standard InChI is InChI=1S/C26H21NO3S/c1-17-22(20-11-7-4-8-12-20)23(26(29)30-2)25(31-17)27-24(28)21-15-13-19(14-16-21)18-9-5-3-6-10-18/h3-16H,1-2H3,(H,27,28). The van der Waals surface area contributed by atoms with Gasteiger partial charge in [0, 0.05) is 16.0 Å². The second kappa shape index (κ2) is 8.98. The number of amides is 1. The largest absolute Gasteiger partial charge is 0.465 e. The lowest BCUT2D eigenvalue weighted by Gasteiger charge is -2.09. The molecule has 0 aliphatic rings. The van der Waals surface area contributed by atoms with Crippen LogP contribution < -0.4 is 5.32 Å². The molecule has 1 N–H and O–H groups in total. The van der Waals surface area contributed by atoms with Crippen LogP contribution in [-0.4, -0.2) is 19.0 Å². The Bertz CT molecular complexity index is 1210. The number of esters is 1. The topological polar surface area (TPSA) is 55.4 Å². The number of thiophene rings is 1. The summed E-state index contributed by atoms with van der Waals surface area (Å²) in [4.78, 5) is 26.5. The predicted molar refractivity (Wildman–Crippen MR) is 126 cm³/mol. The van der Waals surface area contributed by atoms with Gasteiger partial charge < -0.3 is 10.1 Å². The lowest BCUT2D eigenvalue weighted by Crippen LogP contribution is -2.14. The minimum atomic E-state index is -0.474.